The molecule has 4 heteroatoms. The van der Waals surface area contributed by atoms with E-state index in [1.165, 1.54) is 32.1 Å². The second kappa shape index (κ2) is 6.94. The summed E-state index contributed by atoms with van der Waals surface area (Å²) in [4.78, 5) is 0. The smallest absolute Gasteiger partial charge is 0.161 e. The first-order valence-corrected chi connectivity index (χ1v) is 7.01. The number of hydrogen-bond acceptors (Lipinski definition) is 1. The zero-order chi connectivity index (χ0) is 13.7. The van der Waals surface area contributed by atoms with E-state index in [2.05, 4.69) is 5.32 Å². The molecule has 1 saturated carbocycles. The molecule has 2 rings (SSSR count). The van der Waals surface area contributed by atoms with E-state index in [9.17, 15) is 13.2 Å². The maximum absolute atomic E-state index is 13.3. The second-order valence-electron chi connectivity index (χ2n) is 5.33. The molecule has 0 spiro atoms. The molecular formula is C15H20F3N. The highest BCUT2D eigenvalue weighted by Gasteiger charge is 2.14. The first-order chi connectivity index (χ1) is 9.16. The molecule has 1 aliphatic rings. The Morgan fingerprint density at radius 1 is 1.00 bits per heavy atom. The van der Waals surface area contributed by atoms with Crippen LogP contribution in [0.25, 0.3) is 0 Å². The van der Waals surface area contributed by atoms with Gasteiger partial charge in [0.2, 0.25) is 0 Å². The minimum absolute atomic E-state index is 0.180. The summed E-state index contributed by atoms with van der Waals surface area (Å²) in [6, 6.07) is 1.53. The van der Waals surface area contributed by atoms with Gasteiger partial charge in [-0.2, -0.15) is 0 Å². The van der Waals surface area contributed by atoms with Crippen LogP contribution in [0.4, 0.5) is 13.2 Å². The predicted molar refractivity (Wildman–Crippen MR) is 69.2 cm³/mol. The molecule has 1 aliphatic carbocycles. The fourth-order valence-corrected chi connectivity index (χ4v) is 2.74. The Labute approximate surface area is 112 Å². The van der Waals surface area contributed by atoms with E-state index in [1.54, 1.807) is 0 Å². The summed E-state index contributed by atoms with van der Waals surface area (Å²) in [6.07, 6.45) is 7.61. The second-order valence-corrected chi connectivity index (χ2v) is 5.33. The van der Waals surface area contributed by atoms with Gasteiger partial charge >= 0.3 is 0 Å². The molecule has 0 radical (unpaired) electrons. The largest absolute Gasteiger partial charge is 0.313 e. The molecule has 1 fully saturated rings. The Bertz CT molecular complexity index is 414. The van der Waals surface area contributed by atoms with Gasteiger partial charge in [0.1, 0.15) is 5.82 Å². The van der Waals surface area contributed by atoms with Gasteiger partial charge in [-0.25, -0.2) is 13.2 Å². The van der Waals surface area contributed by atoms with Crippen LogP contribution in [-0.2, 0) is 6.54 Å². The van der Waals surface area contributed by atoms with E-state index in [1.807, 2.05) is 0 Å². The van der Waals surface area contributed by atoms with Crippen molar-refractivity contribution in [3.05, 3.63) is 35.1 Å². The lowest BCUT2D eigenvalue weighted by Gasteiger charge is -2.10. The molecule has 0 bridgehead atoms. The highest BCUT2D eigenvalue weighted by atomic mass is 19.2. The van der Waals surface area contributed by atoms with Gasteiger partial charge < -0.3 is 5.32 Å². The summed E-state index contributed by atoms with van der Waals surface area (Å²) in [6.45, 7) is 1.03. The van der Waals surface area contributed by atoms with Crippen molar-refractivity contribution in [1.29, 1.82) is 0 Å². The van der Waals surface area contributed by atoms with E-state index in [4.69, 9.17) is 0 Å². The summed E-state index contributed by atoms with van der Waals surface area (Å²) >= 11 is 0. The fourth-order valence-electron chi connectivity index (χ4n) is 2.74. The van der Waals surface area contributed by atoms with Gasteiger partial charge in [-0.05, 0) is 31.4 Å². The molecule has 0 saturated heterocycles. The van der Waals surface area contributed by atoms with Gasteiger partial charge in [-0.1, -0.05) is 25.7 Å². The van der Waals surface area contributed by atoms with Crippen molar-refractivity contribution in [3.8, 4) is 0 Å². The Hall–Kier alpha value is -1.03. The minimum Gasteiger partial charge on any atom is -0.313 e. The maximum atomic E-state index is 13.3. The summed E-state index contributed by atoms with van der Waals surface area (Å²) in [5, 5.41) is 3.08. The lowest BCUT2D eigenvalue weighted by atomic mass is 10.0. The van der Waals surface area contributed by atoms with Crippen LogP contribution in [0, 0.1) is 23.4 Å². The molecule has 106 valence electrons. The van der Waals surface area contributed by atoms with Gasteiger partial charge in [0.15, 0.2) is 11.6 Å². The minimum atomic E-state index is -1.14. The van der Waals surface area contributed by atoms with Crippen LogP contribution in [0.1, 0.15) is 44.1 Å². The molecule has 0 heterocycles. The van der Waals surface area contributed by atoms with Crippen LogP contribution in [0.5, 0.6) is 0 Å². The normalized spacial score (nSPS) is 16.2. The third-order valence-corrected chi connectivity index (χ3v) is 3.85. The number of halogens is 3. The maximum Gasteiger partial charge on any atom is 0.161 e. The first-order valence-electron chi connectivity index (χ1n) is 7.01. The average Bonchev–Trinajstić information content (AvgIpc) is 2.88. The van der Waals surface area contributed by atoms with Crippen molar-refractivity contribution < 1.29 is 13.2 Å². The van der Waals surface area contributed by atoms with Crippen LogP contribution in [0.3, 0.4) is 0 Å². The monoisotopic (exact) mass is 271 g/mol. The Kier molecular flexibility index (Phi) is 5.25. The summed E-state index contributed by atoms with van der Waals surface area (Å²) in [5.74, 6) is -1.98. The zero-order valence-corrected chi connectivity index (χ0v) is 11.0. The molecule has 1 nitrogen and oxygen atoms in total. The Morgan fingerprint density at radius 2 is 1.68 bits per heavy atom. The SMILES string of the molecule is Fc1cc(F)c(CNCCCC2CCCC2)cc1F. The standard InChI is InChI=1S/C15H20F3N/c16-13-9-15(18)14(17)8-12(13)10-19-7-3-6-11-4-1-2-5-11/h8-9,11,19H,1-7,10H2. The van der Waals surface area contributed by atoms with Gasteiger partial charge in [0.05, 0.1) is 0 Å². The molecule has 1 aromatic rings. The third-order valence-electron chi connectivity index (χ3n) is 3.85. The Morgan fingerprint density at radius 3 is 2.42 bits per heavy atom. The number of hydrogen-bond donors (Lipinski definition) is 1. The molecule has 0 atom stereocenters. The van der Waals surface area contributed by atoms with Crippen molar-refractivity contribution in [3.63, 3.8) is 0 Å². The van der Waals surface area contributed by atoms with Crippen LogP contribution in [-0.4, -0.2) is 6.54 Å². The van der Waals surface area contributed by atoms with Gasteiger partial charge in [0.25, 0.3) is 0 Å². The van der Waals surface area contributed by atoms with Gasteiger partial charge in [-0.15, -0.1) is 0 Å². The zero-order valence-electron chi connectivity index (χ0n) is 11.0. The van der Waals surface area contributed by atoms with Crippen molar-refractivity contribution in [2.75, 3.05) is 6.54 Å². The average molecular weight is 271 g/mol. The molecule has 19 heavy (non-hydrogen) atoms. The lowest BCUT2D eigenvalue weighted by Crippen LogP contribution is -2.16. The van der Waals surface area contributed by atoms with Crippen molar-refractivity contribution in [2.24, 2.45) is 5.92 Å². The lowest BCUT2D eigenvalue weighted by molar-refractivity contribution is 0.464. The molecule has 0 unspecified atom stereocenters. The van der Waals surface area contributed by atoms with Crippen molar-refractivity contribution in [1.82, 2.24) is 5.32 Å². The topological polar surface area (TPSA) is 12.0 Å². The summed E-state index contributed by atoms with van der Waals surface area (Å²) in [7, 11) is 0. The molecule has 0 amide bonds. The molecule has 1 aromatic carbocycles. The highest BCUT2D eigenvalue weighted by Crippen LogP contribution is 2.28. The first kappa shape index (κ1) is 14.4. The van der Waals surface area contributed by atoms with Crippen LogP contribution < -0.4 is 5.32 Å². The predicted octanol–water partition coefficient (Wildman–Crippen LogP) is 4.16. The summed E-state index contributed by atoms with van der Waals surface area (Å²) < 4.78 is 39.0. The van der Waals surface area contributed by atoms with Gasteiger partial charge in [-0.3, -0.25) is 0 Å². The third kappa shape index (κ3) is 4.23. The number of benzene rings is 1. The van der Waals surface area contributed by atoms with Crippen LogP contribution >= 0.6 is 0 Å². The van der Waals surface area contributed by atoms with E-state index in [0.29, 0.717) is 6.07 Å². The molecule has 0 aliphatic heterocycles. The van der Waals surface area contributed by atoms with Gasteiger partial charge in [0, 0.05) is 18.2 Å². The van der Waals surface area contributed by atoms with Crippen LogP contribution in [0.15, 0.2) is 12.1 Å². The van der Waals surface area contributed by atoms with Crippen molar-refractivity contribution >= 4 is 0 Å². The fraction of sp³-hybridized carbons (Fsp3) is 0.600. The van der Waals surface area contributed by atoms with Crippen molar-refractivity contribution in [2.45, 2.75) is 45.1 Å². The van der Waals surface area contributed by atoms with E-state index in [-0.39, 0.29) is 12.1 Å². The molecule has 0 aromatic heterocycles. The van der Waals surface area contributed by atoms with E-state index >= 15 is 0 Å². The quantitative estimate of drug-likeness (QED) is 0.605. The summed E-state index contributed by atoms with van der Waals surface area (Å²) in [5.41, 5.74) is 0.180. The highest BCUT2D eigenvalue weighted by molar-refractivity contribution is 5.19. The Balaban J connectivity index is 1.69. The molecule has 1 N–H and O–H groups in total. The molecular weight excluding hydrogens is 251 g/mol. The number of rotatable bonds is 6. The van der Waals surface area contributed by atoms with E-state index < -0.39 is 17.5 Å². The number of nitrogens with one attached hydrogen (secondary N) is 1. The van der Waals surface area contributed by atoms with E-state index in [0.717, 1.165) is 24.9 Å². The van der Waals surface area contributed by atoms with Crippen LogP contribution in [0.2, 0.25) is 0 Å².